The number of rotatable bonds is 4. The van der Waals surface area contributed by atoms with Gasteiger partial charge < -0.3 is 9.80 Å². The van der Waals surface area contributed by atoms with Gasteiger partial charge >= 0.3 is 0 Å². The van der Waals surface area contributed by atoms with Crippen LogP contribution in [0.4, 0.5) is 0 Å². The molecule has 5 heteroatoms. The molecular formula is C24H26N2O3. The van der Waals surface area contributed by atoms with E-state index < -0.39 is 0 Å². The van der Waals surface area contributed by atoms with Crippen molar-refractivity contribution in [2.45, 2.75) is 38.5 Å². The summed E-state index contributed by atoms with van der Waals surface area (Å²) in [5.41, 5.74) is 3.47. The molecule has 0 saturated carbocycles. The maximum Gasteiger partial charge on any atom is 0.242 e. The molecule has 2 aliphatic heterocycles. The van der Waals surface area contributed by atoms with Crippen molar-refractivity contribution >= 4 is 28.4 Å². The van der Waals surface area contributed by atoms with Crippen molar-refractivity contribution in [1.82, 2.24) is 9.80 Å². The van der Waals surface area contributed by atoms with Crippen molar-refractivity contribution in [3.8, 4) is 0 Å². The van der Waals surface area contributed by atoms with E-state index in [2.05, 4.69) is 18.2 Å². The number of likely N-dealkylation sites (tertiary alicyclic amines) is 2. The Morgan fingerprint density at radius 3 is 2.59 bits per heavy atom. The van der Waals surface area contributed by atoms with E-state index in [9.17, 15) is 14.4 Å². The van der Waals surface area contributed by atoms with Crippen molar-refractivity contribution in [1.29, 1.82) is 0 Å². The van der Waals surface area contributed by atoms with Crippen LogP contribution in [0.2, 0.25) is 0 Å². The smallest absolute Gasteiger partial charge is 0.242 e. The number of amides is 2. The van der Waals surface area contributed by atoms with Crippen LogP contribution in [0.1, 0.15) is 47.2 Å². The molecule has 29 heavy (non-hydrogen) atoms. The van der Waals surface area contributed by atoms with E-state index in [0.29, 0.717) is 26.1 Å². The van der Waals surface area contributed by atoms with Crippen molar-refractivity contribution in [2.24, 2.45) is 5.92 Å². The molecule has 1 aliphatic carbocycles. The second-order valence-electron chi connectivity index (χ2n) is 8.57. The summed E-state index contributed by atoms with van der Waals surface area (Å²) in [6.45, 7) is 1.96. The Labute approximate surface area is 170 Å². The first kappa shape index (κ1) is 18.3. The van der Waals surface area contributed by atoms with Crippen LogP contribution >= 0.6 is 0 Å². The molecule has 0 unspecified atom stereocenters. The number of aryl methyl sites for hydroxylation is 2. The topological polar surface area (TPSA) is 57.7 Å². The van der Waals surface area contributed by atoms with Gasteiger partial charge in [0.1, 0.15) is 0 Å². The molecule has 1 atom stereocenters. The lowest BCUT2D eigenvalue weighted by Gasteiger charge is -2.33. The summed E-state index contributed by atoms with van der Waals surface area (Å²) in [7, 11) is 0. The monoisotopic (exact) mass is 390 g/mol. The molecule has 0 radical (unpaired) electrons. The van der Waals surface area contributed by atoms with Crippen molar-refractivity contribution in [2.75, 3.05) is 26.2 Å². The van der Waals surface area contributed by atoms with Gasteiger partial charge in [-0.2, -0.15) is 0 Å². The summed E-state index contributed by atoms with van der Waals surface area (Å²) < 4.78 is 0. The fraction of sp³-hybridized carbons (Fsp3) is 0.458. The highest BCUT2D eigenvalue weighted by Crippen LogP contribution is 2.34. The lowest BCUT2D eigenvalue weighted by atomic mass is 9.87. The third kappa shape index (κ3) is 3.22. The second-order valence-corrected chi connectivity index (χ2v) is 8.57. The summed E-state index contributed by atoms with van der Waals surface area (Å²) in [4.78, 5) is 41.4. The molecule has 150 valence electrons. The minimum absolute atomic E-state index is 0.0295. The van der Waals surface area contributed by atoms with Crippen LogP contribution in [0.3, 0.4) is 0 Å². The average Bonchev–Trinajstić information content (AvgIpc) is 3.35. The molecule has 0 aromatic heterocycles. The number of carbonyl (C=O) groups excluding carboxylic acids is 3. The zero-order valence-electron chi connectivity index (χ0n) is 16.7. The third-order valence-electron chi connectivity index (χ3n) is 6.78. The highest BCUT2D eigenvalue weighted by atomic mass is 16.2. The minimum Gasteiger partial charge on any atom is -0.340 e. The van der Waals surface area contributed by atoms with Crippen LogP contribution in [-0.4, -0.2) is 53.6 Å². The van der Waals surface area contributed by atoms with Crippen molar-refractivity contribution in [3.05, 3.63) is 47.0 Å². The zero-order valence-corrected chi connectivity index (χ0v) is 16.7. The molecule has 5 nitrogen and oxygen atoms in total. The van der Waals surface area contributed by atoms with Gasteiger partial charge in [0.25, 0.3) is 0 Å². The molecule has 2 fully saturated rings. The highest BCUT2D eigenvalue weighted by molar-refractivity contribution is 6.11. The largest absolute Gasteiger partial charge is 0.340 e. The van der Waals surface area contributed by atoms with Crippen LogP contribution < -0.4 is 0 Å². The molecule has 3 aliphatic rings. The molecule has 0 bridgehead atoms. The summed E-state index contributed by atoms with van der Waals surface area (Å²) in [6, 6.07) is 10.4. The predicted octanol–water partition coefficient (Wildman–Crippen LogP) is 2.98. The van der Waals surface area contributed by atoms with Gasteiger partial charge in [0.05, 0.1) is 6.54 Å². The van der Waals surface area contributed by atoms with E-state index >= 15 is 0 Å². The Balaban J connectivity index is 1.35. The molecule has 2 amide bonds. The Kier molecular flexibility index (Phi) is 4.61. The molecule has 0 spiro atoms. The lowest BCUT2D eigenvalue weighted by molar-refractivity contribution is -0.139. The zero-order chi connectivity index (χ0) is 20.0. The third-order valence-corrected chi connectivity index (χ3v) is 6.78. The van der Waals surface area contributed by atoms with Gasteiger partial charge in [-0.25, -0.2) is 0 Å². The molecular weight excluding hydrogens is 364 g/mol. The summed E-state index contributed by atoms with van der Waals surface area (Å²) in [5, 5.41) is 2.32. The lowest BCUT2D eigenvalue weighted by Crippen LogP contribution is -2.46. The van der Waals surface area contributed by atoms with E-state index in [1.54, 1.807) is 9.80 Å². The first-order valence-electron chi connectivity index (χ1n) is 10.7. The fourth-order valence-electron chi connectivity index (χ4n) is 5.23. The Bertz CT molecular complexity index is 1000. The Morgan fingerprint density at radius 2 is 1.79 bits per heavy atom. The quantitative estimate of drug-likeness (QED) is 0.754. The maximum absolute atomic E-state index is 13.4. The van der Waals surface area contributed by atoms with Gasteiger partial charge in [0.2, 0.25) is 11.8 Å². The molecule has 5 rings (SSSR count). The molecule has 0 N–H and O–H groups in total. The van der Waals surface area contributed by atoms with E-state index in [-0.39, 0.29) is 30.1 Å². The Hall–Kier alpha value is -2.69. The Morgan fingerprint density at radius 1 is 0.966 bits per heavy atom. The molecule has 2 heterocycles. The number of carbonyl (C=O) groups is 3. The second kappa shape index (κ2) is 7.29. The van der Waals surface area contributed by atoms with Gasteiger partial charge in [-0.05, 0) is 54.0 Å². The van der Waals surface area contributed by atoms with E-state index in [1.807, 2.05) is 12.1 Å². The number of benzene rings is 2. The van der Waals surface area contributed by atoms with Crippen LogP contribution in [0.15, 0.2) is 30.3 Å². The van der Waals surface area contributed by atoms with Crippen LogP contribution in [0, 0.1) is 5.92 Å². The van der Waals surface area contributed by atoms with Crippen LogP contribution in [-0.2, 0) is 22.4 Å². The predicted molar refractivity (Wildman–Crippen MR) is 111 cm³/mol. The number of nitrogens with zero attached hydrogens (tertiary/aromatic N) is 2. The van der Waals surface area contributed by atoms with Crippen LogP contribution in [0.25, 0.3) is 10.8 Å². The SMILES string of the molecule is O=C(c1ccc2c3c(cccc13)CC2)[C@@H]1CCCN(C(=O)CN2CCCC2=O)C1. The van der Waals surface area contributed by atoms with Gasteiger partial charge in [-0.1, -0.05) is 30.3 Å². The highest BCUT2D eigenvalue weighted by Gasteiger charge is 2.32. The molecule has 2 saturated heterocycles. The number of Topliss-reactive ketones (excluding diaryl/α,β-unsaturated/α-hetero) is 1. The van der Waals surface area contributed by atoms with Crippen molar-refractivity contribution < 1.29 is 14.4 Å². The first-order chi connectivity index (χ1) is 14.1. The van der Waals surface area contributed by atoms with Gasteiger partial charge in [0, 0.05) is 37.5 Å². The van der Waals surface area contributed by atoms with E-state index in [4.69, 9.17) is 0 Å². The maximum atomic E-state index is 13.4. The molecule has 2 aromatic rings. The number of piperidine rings is 1. The van der Waals surface area contributed by atoms with Gasteiger partial charge in [0.15, 0.2) is 5.78 Å². The number of ketones is 1. The summed E-state index contributed by atoms with van der Waals surface area (Å²) >= 11 is 0. The molecule has 2 aromatic carbocycles. The van der Waals surface area contributed by atoms with E-state index in [0.717, 1.165) is 43.1 Å². The van der Waals surface area contributed by atoms with Crippen LogP contribution in [0.5, 0.6) is 0 Å². The first-order valence-corrected chi connectivity index (χ1v) is 10.7. The van der Waals surface area contributed by atoms with E-state index in [1.165, 1.54) is 16.5 Å². The number of hydrogen-bond donors (Lipinski definition) is 0. The number of hydrogen-bond acceptors (Lipinski definition) is 3. The standard InChI is InChI=1S/C24H26N2O3/c27-21-7-3-13-26(21)15-22(28)25-12-2-5-18(14-25)24(29)20-11-10-17-9-8-16-4-1-6-19(20)23(16)17/h1,4,6,10-11,18H,2-3,5,7-9,12-15H2/t18-/m1/s1. The van der Waals surface area contributed by atoms with Gasteiger partial charge in [-0.15, -0.1) is 0 Å². The van der Waals surface area contributed by atoms with Gasteiger partial charge in [-0.3, -0.25) is 14.4 Å². The van der Waals surface area contributed by atoms with Crippen molar-refractivity contribution in [3.63, 3.8) is 0 Å². The minimum atomic E-state index is -0.166. The summed E-state index contributed by atoms with van der Waals surface area (Å²) in [5.74, 6) is 0.0183. The summed E-state index contributed by atoms with van der Waals surface area (Å²) in [6.07, 6.45) is 5.11. The normalized spacial score (nSPS) is 21.2. The average molecular weight is 390 g/mol. The fourth-order valence-corrected chi connectivity index (χ4v) is 5.23.